The molecule has 1 aromatic rings. The Morgan fingerprint density at radius 1 is 0.929 bits per heavy atom. The lowest BCUT2D eigenvalue weighted by Crippen LogP contribution is -2.32. The summed E-state index contributed by atoms with van der Waals surface area (Å²) in [5, 5.41) is 2.70. The molecule has 0 atom stereocenters. The van der Waals surface area contributed by atoms with Crippen molar-refractivity contribution in [1.29, 1.82) is 0 Å². The maximum absolute atomic E-state index is 11.8. The summed E-state index contributed by atoms with van der Waals surface area (Å²) < 4.78 is 10.4. The Labute approximate surface area is 169 Å². The van der Waals surface area contributed by atoms with Crippen LogP contribution in [0.3, 0.4) is 0 Å². The molecular formula is C23H35NO4. The molecular weight excluding hydrogens is 354 g/mol. The van der Waals surface area contributed by atoms with Crippen LogP contribution in [-0.4, -0.2) is 30.8 Å². The van der Waals surface area contributed by atoms with Gasteiger partial charge >= 0.3 is 12.1 Å². The van der Waals surface area contributed by atoms with Crippen molar-refractivity contribution in [3.8, 4) is 0 Å². The summed E-state index contributed by atoms with van der Waals surface area (Å²) in [5.74, 6) is -0.242. The van der Waals surface area contributed by atoms with E-state index in [4.69, 9.17) is 9.47 Å². The molecule has 0 aliphatic heterocycles. The summed E-state index contributed by atoms with van der Waals surface area (Å²) in [6.07, 6.45) is 11.4. The van der Waals surface area contributed by atoms with Crippen LogP contribution in [0.2, 0.25) is 0 Å². The van der Waals surface area contributed by atoms with Gasteiger partial charge in [-0.1, -0.05) is 56.0 Å². The highest BCUT2D eigenvalue weighted by atomic mass is 16.6. The Morgan fingerprint density at radius 2 is 1.57 bits per heavy atom. The Balaban J connectivity index is 1.89. The van der Waals surface area contributed by atoms with Gasteiger partial charge in [-0.25, -0.2) is 9.59 Å². The SMILES string of the molecule is CC(C)(C)OC(=O)NC/C=C\CCCCCCCCOC(=O)c1ccccc1. The first kappa shape index (κ1) is 23.7. The van der Waals surface area contributed by atoms with Crippen molar-refractivity contribution < 1.29 is 19.1 Å². The number of ether oxygens (including phenoxy) is 2. The number of hydrogen-bond donors (Lipinski definition) is 1. The molecule has 28 heavy (non-hydrogen) atoms. The van der Waals surface area contributed by atoms with E-state index < -0.39 is 5.60 Å². The highest BCUT2D eigenvalue weighted by Crippen LogP contribution is 2.09. The zero-order valence-corrected chi connectivity index (χ0v) is 17.5. The summed E-state index contributed by atoms with van der Waals surface area (Å²) >= 11 is 0. The van der Waals surface area contributed by atoms with E-state index in [1.807, 2.05) is 45.0 Å². The summed E-state index contributed by atoms with van der Waals surface area (Å²) in [6.45, 7) is 6.52. The maximum Gasteiger partial charge on any atom is 0.407 e. The monoisotopic (exact) mass is 389 g/mol. The third-order valence-electron chi connectivity index (χ3n) is 3.94. The second-order valence-electron chi connectivity index (χ2n) is 7.77. The lowest BCUT2D eigenvalue weighted by Gasteiger charge is -2.19. The fourth-order valence-corrected chi connectivity index (χ4v) is 2.55. The minimum atomic E-state index is -0.461. The van der Waals surface area contributed by atoms with Gasteiger partial charge in [0.1, 0.15) is 5.60 Å². The van der Waals surface area contributed by atoms with Crippen LogP contribution in [0.15, 0.2) is 42.5 Å². The van der Waals surface area contributed by atoms with Crippen molar-refractivity contribution in [2.75, 3.05) is 13.2 Å². The quantitative estimate of drug-likeness (QED) is 0.285. The number of unbranched alkanes of at least 4 members (excludes halogenated alkanes) is 6. The van der Waals surface area contributed by atoms with E-state index in [-0.39, 0.29) is 12.1 Å². The molecule has 5 nitrogen and oxygen atoms in total. The van der Waals surface area contributed by atoms with Crippen LogP contribution in [-0.2, 0) is 9.47 Å². The molecule has 0 heterocycles. The number of rotatable bonds is 12. The average Bonchev–Trinajstić information content (AvgIpc) is 2.64. The molecule has 0 bridgehead atoms. The predicted molar refractivity (Wildman–Crippen MR) is 112 cm³/mol. The van der Waals surface area contributed by atoms with Gasteiger partial charge in [-0.15, -0.1) is 0 Å². The van der Waals surface area contributed by atoms with Gasteiger partial charge in [-0.3, -0.25) is 0 Å². The topological polar surface area (TPSA) is 64.6 Å². The van der Waals surface area contributed by atoms with Gasteiger partial charge in [0, 0.05) is 6.54 Å². The van der Waals surface area contributed by atoms with Crippen LogP contribution < -0.4 is 5.32 Å². The van der Waals surface area contributed by atoms with Crippen molar-refractivity contribution in [3.63, 3.8) is 0 Å². The second-order valence-corrected chi connectivity index (χ2v) is 7.77. The van der Waals surface area contributed by atoms with Gasteiger partial charge in [0.05, 0.1) is 12.2 Å². The van der Waals surface area contributed by atoms with Gasteiger partial charge < -0.3 is 14.8 Å². The molecule has 0 radical (unpaired) electrons. The average molecular weight is 390 g/mol. The number of alkyl carbamates (subject to hydrolysis) is 1. The number of hydrogen-bond acceptors (Lipinski definition) is 4. The van der Waals surface area contributed by atoms with E-state index in [0.29, 0.717) is 18.7 Å². The minimum absolute atomic E-state index is 0.242. The number of benzene rings is 1. The molecule has 1 aromatic carbocycles. The first-order valence-corrected chi connectivity index (χ1v) is 10.2. The number of esters is 1. The zero-order chi connectivity index (χ0) is 20.7. The number of allylic oxidation sites excluding steroid dienone is 1. The molecule has 0 unspecified atom stereocenters. The number of carbonyl (C=O) groups is 2. The van der Waals surface area contributed by atoms with Crippen molar-refractivity contribution in [1.82, 2.24) is 5.32 Å². The van der Waals surface area contributed by atoms with Crippen molar-refractivity contribution in [2.24, 2.45) is 0 Å². The number of nitrogens with one attached hydrogen (secondary N) is 1. The number of carbonyl (C=O) groups excluding carboxylic acids is 2. The Kier molecular flexibility index (Phi) is 11.7. The predicted octanol–water partition coefficient (Wildman–Crippen LogP) is 5.66. The van der Waals surface area contributed by atoms with Gasteiger partial charge in [0.15, 0.2) is 0 Å². The van der Waals surface area contributed by atoms with E-state index in [1.165, 1.54) is 12.8 Å². The van der Waals surface area contributed by atoms with Crippen molar-refractivity contribution in [2.45, 2.75) is 71.3 Å². The third kappa shape index (κ3) is 13.0. The molecule has 0 aromatic heterocycles. The maximum atomic E-state index is 11.8. The molecule has 0 saturated carbocycles. The van der Waals surface area contributed by atoms with Gasteiger partial charge in [0.2, 0.25) is 0 Å². The lowest BCUT2D eigenvalue weighted by atomic mass is 10.1. The van der Waals surface area contributed by atoms with Gasteiger partial charge in [-0.2, -0.15) is 0 Å². The van der Waals surface area contributed by atoms with Crippen molar-refractivity contribution >= 4 is 12.1 Å². The van der Waals surface area contributed by atoms with Crippen molar-refractivity contribution in [3.05, 3.63) is 48.0 Å². The molecule has 0 fully saturated rings. The van der Waals surface area contributed by atoms with Gasteiger partial charge in [-0.05, 0) is 52.2 Å². The third-order valence-corrected chi connectivity index (χ3v) is 3.94. The highest BCUT2D eigenvalue weighted by Gasteiger charge is 2.14. The van der Waals surface area contributed by atoms with E-state index >= 15 is 0 Å². The van der Waals surface area contributed by atoms with E-state index in [9.17, 15) is 9.59 Å². The molecule has 1 rings (SSSR count). The largest absolute Gasteiger partial charge is 0.462 e. The Hall–Kier alpha value is -2.30. The summed E-state index contributed by atoms with van der Waals surface area (Å²) in [4.78, 5) is 23.2. The molecule has 1 amide bonds. The molecule has 5 heteroatoms. The minimum Gasteiger partial charge on any atom is -0.462 e. The van der Waals surface area contributed by atoms with Crippen LogP contribution >= 0.6 is 0 Å². The summed E-state index contributed by atoms with van der Waals surface area (Å²) in [5.41, 5.74) is 0.147. The first-order valence-electron chi connectivity index (χ1n) is 10.2. The van der Waals surface area contributed by atoms with Crippen LogP contribution in [0.25, 0.3) is 0 Å². The molecule has 0 saturated heterocycles. The Bertz CT molecular complexity index is 590. The smallest absolute Gasteiger partial charge is 0.407 e. The van der Waals surface area contributed by atoms with Crippen LogP contribution in [0.5, 0.6) is 0 Å². The normalized spacial score (nSPS) is 11.4. The highest BCUT2D eigenvalue weighted by molar-refractivity contribution is 5.89. The van der Waals surface area contributed by atoms with E-state index in [2.05, 4.69) is 11.4 Å². The summed E-state index contributed by atoms with van der Waals surface area (Å²) in [7, 11) is 0. The number of amides is 1. The molecule has 0 aliphatic rings. The van der Waals surface area contributed by atoms with Crippen LogP contribution in [0.4, 0.5) is 4.79 Å². The second kappa shape index (κ2) is 13.8. The zero-order valence-electron chi connectivity index (χ0n) is 17.5. The van der Waals surface area contributed by atoms with E-state index in [1.54, 1.807) is 12.1 Å². The summed E-state index contributed by atoms with van der Waals surface area (Å²) in [6, 6.07) is 9.09. The fraction of sp³-hybridized carbons (Fsp3) is 0.565. The molecule has 0 aliphatic carbocycles. The van der Waals surface area contributed by atoms with Crippen LogP contribution in [0, 0.1) is 0 Å². The first-order chi connectivity index (χ1) is 13.4. The standard InChI is InChI=1S/C23H35NO4/c1-23(2,3)28-22(26)24-18-14-9-7-5-4-6-8-10-15-19-27-21(25)20-16-12-11-13-17-20/h9,11-14,16-17H,4-8,10,15,18-19H2,1-3H3,(H,24,26)/b14-9-. The Morgan fingerprint density at radius 3 is 2.25 bits per heavy atom. The fourth-order valence-electron chi connectivity index (χ4n) is 2.55. The van der Waals surface area contributed by atoms with E-state index in [0.717, 1.165) is 32.1 Å². The van der Waals surface area contributed by atoms with Crippen LogP contribution in [0.1, 0.15) is 76.1 Å². The van der Waals surface area contributed by atoms with Gasteiger partial charge in [0.25, 0.3) is 0 Å². The molecule has 0 spiro atoms. The molecule has 156 valence electrons. The molecule has 1 N–H and O–H groups in total. The lowest BCUT2D eigenvalue weighted by molar-refractivity contribution is 0.0495.